The van der Waals surface area contributed by atoms with Crippen molar-refractivity contribution in [3.63, 3.8) is 0 Å². The third kappa shape index (κ3) is 3.89. The quantitative estimate of drug-likeness (QED) is 0.816. The highest BCUT2D eigenvalue weighted by Crippen LogP contribution is 2.32. The Kier molecular flexibility index (Phi) is 5.08. The number of thiazole rings is 1. The topological polar surface area (TPSA) is 54.9 Å². The highest BCUT2D eigenvalue weighted by Gasteiger charge is 2.41. The van der Waals surface area contributed by atoms with Gasteiger partial charge in [0.05, 0.1) is 35.4 Å². The summed E-state index contributed by atoms with van der Waals surface area (Å²) in [5, 5.41) is 3.28. The molecule has 1 unspecified atom stereocenters. The van der Waals surface area contributed by atoms with Crippen LogP contribution in [0.2, 0.25) is 0 Å². The van der Waals surface area contributed by atoms with Gasteiger partial charge >= 0.3 is 0 Å². The summed E-state index contributed by atoms with van der Waals surface area (Å²) in [7, 11) is 0. The minimum absolute atomic E-state index is 0.0747. The molecule has 7 heteroatoms. The Hall–Kier alpha value is -1.02. The smallest absolute Gasteiger partial charge is 0.228 e. The predicted octanol–water partition coefficient (Wildman–Crippen LogP) is 1.68. The molecule has 3 fully saturated rings. The number of aryl methyl sites for hydroxylation is 1. The van der Waals surface area contributed by atoms with Crippen LogP contribution in [-0.4, -0.2) is 72.3 Å². The van der Waals surface area contributed by atoms with Gasteiger partial charge in [0.2, 0.25) is 5.91 Å². The summed E-state index contributed by atoms with van der Waals surface area (Å²) in [6.45, 7) is 8.55. The van der Waals surface area contributed by atoms with Gasteiger partial charge < -0.3 is 14.4 Å². The Morgan fingerprint density at radius 1 is 1.36 bits per heavy atom. The van der Waals surface area contributed by atoms with Gasteiger partial charge in [-0.2, -0.15) is 0 Å². The van der Waals surface area contributed by atoms with Crippen molar-refractivity contribution < 1.29 is 14.3 Å². The fourth-order valence-corrected chi connectivity index (χ4v) is 4.80. The molecule has 1 spiro atoms. The molecule has 0 N–H and O–H groups in total. The van der Waals surface area contributed by atoms with Crippen molar-refractivity contribution in [1.82, 2.24) is 14.8 Å². The number of carbonyl (C=O) groups is 1. The SMILES string of the molecule is Cc1nc(CN2CCOC3(CCN(C(=O)C4CCOC4)CC3)C2)cs1. The molecular formula is C18H27N3O3S. The first-order valence-electron chi connectivity index (χ1n) is 9.27. The largest absolute Gasteiger partial charge is 0.381 e. The maximum Gasteiger partial charge on any atom is 0.228 e. The lowest BCUT2D eigenvalue weighted by Gasteiger charge is -2.47. The van der Waals surface area contributed by atoms with Crippen molar-refractivity contribution in [2.24, 2.45) is 5.92 Å². The van der Waals surface area contributed by atoms with E-state index in [1.165, 1.54) is 0 Å². The van der Waals surface area contributed by atoms with Crippen LogP contribution in [0.1, 0.15) is 30.0 Å². The summed E-state index contributed by atoms with van der Waals surface area (Å²) in [6.07, 6.45) is 2.73. The second-order valence-corrected chi connectivity index (χ2v) is 8.55. The Balaban J connectivity index is 1.32. The van der Waals surface area contributed by atoms with E-state index < -0.39 is 0 Å². The van der Waals surface area contributed by atoms with Gasteiger partial charge in [-0.15, -0.1) is 11.3 Å². The van der Waals surface area contributed by atoms with E-state index in [1.807, 2.05) is 4.90 Å². The normalized spacial score (nSPS) is 27.1. The van der Waals surface area contributed by atoms with E-state index in [2.05, 4.69) is 22.2 Å². The minimum Gasteiger partial charge on any atom is -0.381 e. The van der Waals surface area contributed by atoms with Crippen molar-refractivity contribution in [1.29, 1.82) is 0 Å². The zero-order chi connectivity index (χ0) is 17.3. The first kappa shape index (κ1) is 17.4. The van der Waals surface area contributed by atoms with Crippen LogP contribution < -0.4 is 0 Å². The van der Waals surface area contributed by atoms with Crippen LogP contribution in [0.4, 0.5) is 0 Å². The lowest BCUT2D eigenvalue weighted by Crippen LogP contribution is -2.57. The summed E-state index contributed by atoms with van der Waals surface area (Å²) in [6, 6.07) is 0. The Bertz CT molecular complexity index is 606. The second-order valence-electron chi connectivity index (χ2n) is 7.49. The van der Waals surface area contributed by atoms with E-state index in [1.54, 1.807) is 11.3 Å². The number of piperidine rings is 1. The molecule has 25 heavy (non-hydrogen) atoms. The fraction of sp³-hybridized carbons (Fsp3) is 0.778. The van der Waals surface area contributed by atoms with Crippen LogP contribution in [-0.2, 0) is 20.8 Å². The predicted molar refractivity (Wildman–Crippen MR) is 95.6 cm³/mol. The number of amides is 1. The molecule has 1 aromatic heterocycles. The van der Waals surface area contributed by atoms with Crippen LogP contribution in [0, 0.1) is 12.8 Å². The van der Waals surface area contributed by atoms with Gasteiger partial charge in [-0.1, -0.05) is 0 Å². The number of hydrogen-bond donors (Lipinski definition) is 0. The molecule has 4 rings (SSSR count). The Morgan fingerprint density at radius 2 is 2.20 bits per heavy atom. The van der Waals surface area contributed by atoms with Crippen LogP contribution in [0.3, 0.4) is 0 Å². The number of rotatable bonds is 3. The number of nitrogens with zero attached hydrogens (tertiary/aromatic N) is 3. The van der Waals surface area contributed by atoms with Crippen molar-refractivity contribution in [3.8, 4) is 0 Å². The summed E-state index contributed by atoms with van der Waals surface area (Å²) in [4.78, 5) is 21.6. The zero-order valence-electron chi connectivity index (χ0n) is 14.9. The molecule has 6 nitrogen and oxygen atoms in total. The molecule has 3 saturated heterocycles. The van der Waals surface area contributed by atoms with E-state index in [0.29, 0.717) is 6.61 Å². The highest BCUT2D eigenvalue weighted by atomic mass is 32.1. The maximum absolute atomic E-state index is 12.6. The Morgan fingerprint density at radius 3 is 2.88 bits per heavy atom. The molecule has 1 aromatic rings. The molecular weight excluding hydrogens is 338 g/mol. The summed E-state index contributed by atoms with van der Waals surface area (Å²) in [5.41, 5.74) is 1.07. The number of hydrogen-bond acceptors (Lipinski definition) is 6. The van der Waals surface area contributed by atoms with E-state index in [9.17, 15) is 4.79 Å². The average molecular weight is 365 g/mol. The van der Waals surface area contributed by atoms with Gasteiger partial charge in [-0.05, 0) is 26.2 Å². The lowest BCUT2D eigenvalue weighted by atomic mass is 9.88. The van der Waals surface area contributed by atoms with Crippen LogP contribution in [0.5, 0.6) is 0 Å². The van der Waals surface area contributed by atoms with Gasteiger partial charge in [0.15, 0.2) is 0 Å². The van der Waals surface area contributed by atoms with Gasteiger partial charge in [-0.25, -0.2) is 4.98 Å². The van der Waals surface area contributed by atoms with Crippen molar-refractivity contribution in [2.45, 2.75) is 38.3 Å². The summed E-state index contributed by atoms with van der Waals surface area (Å²) in [5.74, 6) is 0.351. The number of morpholine rings is 1. The lowest BCUT2D eigenvalue weighted by molar-refractivity contribution is -0.154. The van der Waals surface area contributed by atoms with Crippen molar-refractivity contribution in [2.75, 3.05) is 46.0 Å². The molecule has 4 heterocycles. The first-order chi connectivity index (χ1) is 12.1. The number of carbonyl (C=O) groups excluding carboxylic acids is 1. The zero-order valence-corrected chi connectivity index (χ0v) is 15.7. The minimum atomic E-state index is -0.0910. The maximum atomic E-state index is 12.6. The van der Waals surface area contributed by atoms with Crippen LogP contribution in [0.25, 0.3) is 0 Å². The summed E-state index contributed by atoms with van der Waals surface area (Å²) >= 11 is 1.71. The third-order valence-corrected chi connectivity index (χ3v) is 6.47. The number of ether oxygens (including phenoxy) is 2. The van der Waals surface area contributed by atoms with Crippen LogP contribution >= 0.6 is 11.3 Å². The molecule has 0 bridgehead atoms. The van der Waals surface area contributed by atoms with Gasteiger partial charge in [0.25, 0.3) is 0 Å². The molecule has 3 aliphatic heterocycles. The van der Waals surface area contributed by atoms with E-state index >= 15 is 0 Å². The molecule has 1 atom stereocenters. The molecule has 1 amide bonds. The molecule has 0 radical (unpaired) electrons. The van der Waals surface area contributed by atoms with Gasteiger partial charge in [0, 0.05) is 44.7 Å². The monoisotopic (exact) mass is 365 g/mol. The van der Waals surface area contributed by atoms with Crippen molar-refractivity contribution in [3.05, 3.63) is 16.1 Å². The highest BCUT2D eigenvalue weighted by molar-refractivity contribution is 7.09. The average Bonchev–Trinajstić information content (AvgIpc) is 3.27. The van der Waals surface area contributed by atoms with Gasteiger partial charge in [-0.3, -0.25) is 9.69 Å². The van der Waals surface area contributed by atoms with E-state index in [4.69, 9.17) is 9.47 Å². The van der Waals surface area contributed by atoms with Crippen molar-refractivity contribution >= 4 is 17.2 Å². The first-order valence-corrected chi connectivity index (χ1v) is 10.2. The van der Waals surface area contributed by atoms with Crippen LogP contribution in [0.15, 0.2) is 5.38 Å². The third-order valence-electron chi connectivity index (χ3n) is 5.64. The fourth-order valence-electron chi connectivity index (χ4n) is 4.19. The number of aromatic nitrogens is 1. The van der Waals surface area contributed by atoms with E-state index in [-0.39, 0.29) is 17.4 Å². The molecule has 3 aliphatic rings. The second kappa shape index (κ2) is 7.31. The Labute approximate surface area is 153 Å². The molecule has 0 saturated carbocycles. The number of likely N-dealkylation sites (tertiary alicyclic amines) is 1. The molecule has 138 valence electrons. The summed E-state index contributed by atoms with van der Waals surface area (Å²) < 4.78 is 11.6. The molecule has 0 aliphatic carbocycles. The van der Waals surface area contributed by atoms with Gasteiger partial charge in [0.1, 0.15) is 0 Å². The standard InChI is InChI=1S/C18H27N3O3S/c1-14-19-16(12-25-14)10-20-7-9-24-18(13-20)3-5-21(6-4-18)17(22)15-2-8-23-11-15/h12,15H,2-11,13H2,1H3. The molecule has 0 aromatic carbocycles. The van der Waals surface area contributed by atoms with E-state index in [0.717, 1.165) is 75.9 Å².